The average molecular weight is 292 g/mol. The van der Waals surface area contributed by atoms with E-state index in [0.29, 0.717) is 13.1 Å². The van der Waals surface area contributed by atoms with Crippen molar-refractivity contribution in [3.8, 4) is 0 Å². The highest BCUT2D eigenvalue weighted by Crippen LogP contribution is 2.05. The summed E-state index contributed by atoms with van der Waals surface area (Å²) in [5.41, 5.74) is 2.10. The van der Waals surface area contributed by atoms with Crippen molar-refractivity contribution in [2.75, 3.05) is 0 Å². The monoisotopic (exact) mass is 292 g/mol. The largest absolute Gasteiger partial charge is 0.467 e. The number of benzene rings is 1. The Morgan fingerprint density at radius 1 is 0.682 bits per heavy atom. The summed E-state index contributed by atoms with van der Waals surface area (Å²) < 4.78 is 10.5. The van der Waals surface area contributed by atoms with E-state index in [0.717, 1.165) is 22.6 Å². The van der Waals surface area contributed by atoms with E-state index in [2.05, 4.69) is 9.98 Å². The van der Waals surface area contributed by atoms with Crippen molar-refractivity contribution >= 4 is 12.4 Å². The number of nitrogens with zero attached hydrogens (tertiary/aromatic N) is 2. The van der Waals surface area contributed by atoms with Gasteiger partial charge in [-0.15, -0.1) is 0 Å². The Bertz CT molecular complexity index is 659. The highest BCUT2D eigenvalue weighted by atomic mass is 16.3. The second-order valence-electron chi connectivity index (χ2n) is 4.76. The van der Waals surface area contributed by atoms with Gasteiger partial charge in [0.05, 0.1) is 25.6 Å². The maximum atomic E-state index is 5.23. The predicted molar refractivity (Wildman–Crippen MR) is 86.5 cm³/mol. The zero-order valence-corrected chi connectivity index (χ0v) is 12.1. The van der Waals surface area contributed by atoms with E-state index >= 15 is 0 Å². The van der Waals surface area contributed by atoms with Crippen LogP contribution in [-0.4, -0.2) is 12.4 Å². The van der Waals surface area contributed by atoms with E-state index in [1.165, 1.54) is 0 Å². The Labute approximate surface area is 128 Å². The third kappa shape index (κ3) is 4.06. The first-order valence-corrected chi connectivity index (χ1v) is 7.05. The molecule has 0 radical (unpaired) electrons. The van der Waals surface area contributed by atoms with Crippen LogP contribution in [0.5, 0.6) is 0 Å². The molecular weight excluding hydrogens is 276 g/mol. The molecule has 3 rings (SSSR count). The van der Waals surface area contributed by atoms with E-state index in [9.17, 15) is 0 Å². The summed E-state index contributed by atoms with van der Waals surface area (Å²) in [7, 11) is 0. The molecule has 0 aliphatic rings. The summed E-state index contributed by atoms with van der Waals surface area (Å²) in [5, 5.41) is 0. The topological polar surface area (TPSA) is 51.0 Å². The summed E-state index contributed by atoms with van der Waals surface area (Å²) in [6, 6.07) is 15.6. The molecule has 0 spiro atoms. The van der Waals surface area contributed by atoms with E-state index < -0.39 is 0 Å². The van der Waals surface area contributed by atoms with Crippen molar-refractivity contribution in [2.45, 2.75) is 13.1 Å². The van der Waals surface area contributed by atoms with Crippen molar-refractivity contribution in [3.63, 3.8) is 0 Å². The summed E-state index contributed by atoms with van der Waals surface area (Å²) >= 11 is 0. The van der Waals surface area contributed by atoms with E-state index in [1.807, 2.05) is 61.0 Å². The fourth-order valence-electron chi connectivity index (χ4n) is 1.96. The molecular formula is C18H16N2O2. The molecule has 4 nitrogen and oxygen atoms in total. The number of furan rings is 2. The van der Waals surface area contributed by atoms with Gasteiger partial charge in [-0.3, -0.25) is 9.98 Å². The van der Waals surface area contributed by atoms with Crippen LogP contribution in [0.15, 0.2) is 79.9 Å². The average Bonchev–Trinajstić information content (AvgIpc) is 3.22. The Balaban J connectivity index is 1.53. The molecule has 0 N–H and O–H groups in total. The zero-order valence-electron chi connectivity index (χ0n) is 12.1. The molecule has 0 bridgehead atoms. The summed E-state index contributed by atoms with van der Waals surface area (Å²) in [5.74, 6) is 1.72. The molecule has 2 heterocycles. The van der Waals surface area contributed by atoms with Gasteiger partial charge in [0.1, 0.15) is 11.5 Å². The van der Waals surface area contributed by atoms with E-state index in [-0.39, 0.29) is 0 Å². The number of rotatable bonds is 6. The second-order valence-corrected chi connectivity index (χ2v) is 4.76. The fourth-order valence-corrected chi connectivity index (χ4v) is 1.96. The highest BCUT2D eigenvalue weighted by Gasteiger charge is 1.94. The molecule has 0 unspecified atom stereocenters. The van der Waals surface area contributed by atoms with Crippen molar-refractivity contribution in [2.24, 2.45) is 9.98 Å². The van der Waals surface area contributed by atoms with Crippen LogP contribution in [0.4, 0.5) is 0 Å². The van der Waals surface area contributed by atoms with Crippen LogP contribution in [0.1, 0.15) is 22.6 Å². The Kier molecular flexibility index (Phi) is 4.62. The first kappa shape index (κ1) is 14.1. The Hall–Kier alpha value is -2.88. The minimum atomic E-state index is 0.555. The van der Waals surface area contributed by atoms with Crippen molar-refractivity contribution in [3.05, 3.63) is 83.7 Å². The SMILES string of the molecule is C(=NCc1ccco1)c1ccc(C=NCc2ccco2)cc1. The van der Waals surface area contributed by atoms with Crippen LogP contribution in [0.3, 0.4) is 0 Å². The molecule has 0 aliphatic carbocycles. The van der Waals surface area contributed by atoms with E-state index in [4.69, 9.17) is 8.83 Å². The minimum Gasteiger partial charge on any atom is -0.467 e. The maximum absolute atomic E-state index is 5.23. The molecule has 110 valence electrons. The maximum Gasteiger partial charge on any atom is 0.125 e. The van der Waals surface area contributed by atoms with Crippen LogP contribution in [0.25, 0.3) is 0 Å². The molecule has 0 atom stereocenters. The van der Waals surface area contributed by atoms with Gasteiger partial charge in [-0.1, -0.05) is 24.3 Å². The molecule has 4 heteroatoms. The molecule has 1 aromatic carbocycles. The summed E-state index contributed by atoms with van der Waals surface area (Å²) in [4.78, 5) is 8.69. The third-order valence-corrected chi connectivity index (χ3v) is 3.07. The lowest BCUT2D eigenvalue weighted by atomic mass is 10.1. The molecule has 0 saturated heterocycles. The van der Waals surface area contributed by atoms with Crippen LogP contribution < -0.4 is 0 Å². The van der Waals surface area contributed by atoms with Crippen LogP contribution in [0.2, 0.25) is 0 Å². The van der Waals surface area contributed by atoms with Crippen LogP contribution in [-0.2, 0) is 13.1 Å². The highest BCUT2D eigenvalue weighted by molar-refractivity contribution is 5.84. The number of aliphatic imine (C=N–C) groups is 2. The first-order chi connectivity index (χ1) is 10.9. The molecule has 0 amide bonds. The molecule has 0 saturated carbocycles. The fraction of sp³-hybridized carbons (Fsp3) is 0.111. The number of hydrogen-bond acceptors (Lipinski definition) is 4. The van der Waals surface area contributed by atoms with Gasteiger partial charge in [-0.05, 0) is 35.4 Å². The van der Waals surface area contributed by atoms with Crippen LogP contribution in [0, 0.1) is 0 Å². The number of hydrogen-bond donors (Lipinski definition) is 0. The quantitative estimate of drug-likeness (QED) is 0.642. The van der Waals surface area contributed by atoms with Crippen molar-refractivity contribution < 1.29 is 8.83 Å². The second kappa shape index (κ2) is 7.22. The minimum absolute atomic E-state index is 0.555. The van der Waals surface area contributed by atoms with Gasteiger partial charge in [0.2, 0.25) is 0 Å². The third-order valence-electron chi connectivity index (χ3n) is 3.07. The van der Waals surface area contributed by atoms with Gasteiger partial charge in [0.15, 0.2) is 0 Å². The first-order valence-electron chi connectivity index (χ1n) is 7.05. The Morgan fingerprint density at radius 2 is 1.14 bits per heavy atom. The molecule has 0 aliphatic heterocycles. The molecule has 0 fully saturated rings. The smallest absolute Gasteiger partial charge is 0.125 e. The summed E-state index contributed by atoms with van der Waals surface area (Å²) in [6.07, 6.45) is 6.99. The molecule has 3 aromatic rings. The van der Waals surface area contributed by atoms with Crippen molar-refractivity contribution in [1.82, 2.24) is 0 Å². The van der Waals surface area contributed by atoms with Gasteiger partial charge in [-0.2, -0.15) is 0 Å². The van der Waals surface area contributed by atoms with E-state index in [1.54, 1.807) is 12.5 Å². The molecule has 2 aromatic heterocycles. The van der Waals surface area contributed by atoms with Gasteiger partial charge in [0.25, 0.3) is 0 Å². The lowest BCUT2D eigenvalue weighted by Crippen LogP contribution is -1.86. The lowest BCUT2D eigenvalue weighted by molar-refractivity contribution is 0.513. The lowest BCUT2D eigenvalue weighted by Gasteiger charge is -1.96. The van der Waals surface area contributed by atoms with Gasteiger partial charge < -0.3 is 8.83 Å². The van der Waals surface area contributed by atoms with Gasteiger partial charge >= 0.3 is 0 Å². The van der Waals surface area contributed by atoms with Gasteiger partial charge in [0, 0.05) is 12.4 Å². The molecule has 22 heavy (non-hydrogen) atoms. The standard InChI is InChI=1S/C18H16N2O2/c1-3-17(21-9-1)13-19-11-15-5-7-16(8-6-15)12-20-14-18-4-2-10-22-18/h1-12H,13-14H2. The van der Waals surface area contributed by atoms with Gasteiger partial charge in [-0.25, -0.2) is 0 Å². The zero-order chi connectivity index (χ0) is 15.0. The Morgan fingerprint density at radius 3 is 1.50 bits per heavy atom. The predicted octanol–water partition coefficient (Wildman–Crippen LogP) is 4.11. The normalized spacial score (nSPS) is 11.6. The van der Waals surface area contributed by atoms with Crippen LogP contribution >= 0.6 is 0 Å². The summed E-state index contributed by atoms with van der Waals surface area (Å²) in [6.45, 7) is 1.11. The van der Waals surface area contributed by atoms with Crippen molar-refractivity contribution in [1.29, 1.82) is 0 Å².